The SMILES string of the molecule is CC1=C[C@H](C)C[C@H](C=O)C1. The molecule has 1 nitrogen and oxygen atoms in total. The molecule has 0 radical (unpaired) electrons. The van der Waals surface area contributed by atoms with Crippen LogP contribution in [0.2, 0.25) is 0 Å². The quantitative estimate of drug-likeness (QED) is 0.401. The zero-order valence-electron chi connectivity index (χ0n) is 6.63. The molecule has 1 aliphatic rings. The minimum absolute atomic E-state index is 0.292. The zero-order chi connectivity index (χ0) is 7.56. The summed E-state index contributed by atoms with van der Waals surface area (Å²) >= 11 is 0. The lowest BCUT2D eigenvalue weighted by atomic mass is 9.85. The average molecular weight is 138 g/mol. The smallest absolute Gasteiger partial charge is 0.123 e. The second-order valence-electron chi connectivity index (χ2n) is 3.33. The number of carbonyl (C=O) groups is 1. The molecule has 0 aromatic carbocycles. The largest absolute Gasteiger partial charge is 0.303 e. The number of allylic oxidation sites excluding steroid dienone is 2. The summed E-state index contributed by atoms with van der Waals surface area (Å²) in [4.78, 5) is 10.4. The van der Waals surface area contributed by atoms with Gasteiger partial charge in [-0.1, -0.05) is 18.6 Å². The van der Waals surface area contributed by atoms with Crippen LogP contribution in [0, 0.1) is 11.8 Å². The number of hydrogen-bond acceptors (Lipinski definition) is 1. The van der Waals surface area contributed by atoms with E-state index in [1.165, 1.54) is 5.57 Å². The van der Waals surface area contributed by atoms with Crippen molar-refractivity contribution in [2.45, 2.75) is 26.7 Å². The van der Waals surface area contributed by atoms with Crippen LogP contribution in [-0.4, -0.2) is 6.29 Å². The molecule has 0 aliphatic heterocycles. The number of rotatable bonds is 1. The van der Waals surface area contributed by atoms with Gasteiger partial charge in [-0.3, -0.25) is 0 Å². The Morgan fingerprint density at radius 1 is 1.70 bits per heavy atom. The van der Waals surface area contributed by atoms with Crippen molar-refractivity contribution in [2.75, 3.05) is 0 Å². The topological polar surface area (TPSA) is 17.1 Å². The minimum atomic E-state index is 0.292. The number of carbonyl (C=O) groups excluding carboxylic acids is 1. The lowest BCUT2D eigenvalue weighted by molar-refractivity contribution is -0.111. The third kappa shape index (κ3) is 1.69. The standard InChI is InChI=1S/C9H14O/c1-7-3-8(2)5-9(4-7)6-10/h3,6-7,9H,4-5H2,1-2H3/t7-,9-/m0/s1. The molecule has 0 N–H and O–H groups in total. The maximum atomic E-state index is 10.4. The van der Waals surface area contributed by atoms with Gasteiger partial charge in [0.25, 0.3) is 0 Å². The van der Waals surface area contributed by atoms with E-state index in [0.29, 0.717) is 11.8 Å². The Bertz CT molecular complexity index is 158. The predicted molar refractivity (Wildman–Crippen MR) is 41.7 cm³/mol. The van der Waals surface area contributed by atoms with Crippen molar-refractivity contribution in [1.29, 1.82) is 0 Å². The Hall–Kier alpha value is -0.590. The van der Waals surface area contributed by atoms with E-state index >= 15 is 0 Å². The van der Waals surface area contributed by atoms with E-state index in [4.69, 9.17) is 0 Å². The molecule has 0 heterocycles. The Morgan fingerprint density at radius 2 is 2.40 bits per heavy atom. The lowest BCUT2D eigenvalue weighted by Gasteiger charge is -2.20. The van der Waals surface area contributed by atoms with Crippen LogP contribution in [0.25, 0.3) is 0 Å². The lowest BCUT2D eigenvalue weighted by Crippen LogP contribution is -2.12. The van der Waals surface area contributed by atoms with Crippen molar-refractivity contribution in [3.8, 4) is 0 Å². The molecule has 0 saturated heterocycles. The summed E-state index contributed by atoms with van der Waals surface area (Å²) in [6, 6.07) is 0. The minimum Gasteiger partial charge on any atom is -0.303 e. The summed E-state index contributed by atoms with van der Waals surface area (Å²) in [5.74, 6) is 0.893. The van der Waals surface area contributed by atoms with E-state index in [1.54, 1.807) is 0 Å². The third-order valence-corrected chi connectivity index (χ3v) is 2.02. The first-order chi connectivity index (χ1) is 4.72. The van der Waals surface area contributed by atoms with Gasteiger partial charge in [-0.05, 0) is 25.7 Å². The van der Waals surface area contributed by atoms with Crippen LogP contribution in [0.5, 0.6) is 0 Å². The molecule has 2 atom stereocenters. The fourth-order valence-corrected chi connectivity index (χ4v) is 1.70. The Labute approximate surface area is 62.1 Å². The Morgan fingerprint density at radius 3 is 2.90 bits per heavy atom. The van der Waals surface area contributed by atoms with Crippen molar-refractivity contribution in [1.82, 2.24) is 0 Å². The third-order valence-electron chi connectivity index (χ3n) is 2.02. The molecule has 0 unspecified atom stereocenters. The first kappa shape index (κ1) is 7.52. The van der Waals surface area contributed by atoms with E-state index < -0.39 is 0 Å². The second kappa shape index (κ2) is 3.00. The fourth-order valence-electron chi connectivity index (χ4n) is 1.70. The molecule has 0 fully saturated rings. The molecule has 1 rings (SSSR count). The second-order valence-corrected chi connectivity index (χ2v) is 3.33. The molecule has 0 bridgehead atoms. The van der Waals surface area contributed by atoms with E-state index in [-0.39, 0.29) is 0 Å². The fraction of sp³-hybridized carbons (Fsp3) is 0.667. The van der Waals surface area contributed by atoms with Crippen LogP contribution >= 0.6 is 0 Å². The highest BCUT2D eigenvalue weighted by Crippen LogP contribution is 2.25. The molecule has 1 aliphatic carbocycles. The van der Waals surface area contributed by atoms with Crippen LogP contribution in [0.3, 0.4) is 0 Å². The van der Waals surface area contributed by atoms with Gasteiger partial charge in [-0.25, -0.2) is 0 Å². The molecular formula is C9H14O. The average Bonchev–Trinajstić information content (AvgIpc) is 1.85. The van der Waals surface area contributed by atoms with Crippen LogP contribution in [0.15, 0.2) is 11.6 Å². The first-order valence-electron chi connectivity index (χ1n) is 3.85. The van der Waals surface area contributed by atoms with Crippen LogP contribution in [0.4, 0.5) is 0 Å². The summed E-state index contributed by atoms with van der Waals surface area (Å²) in [6.07, 6.45) is 5.38. The van der Waals surface area contributed by atoms with Gasteiger partial charge in [0.05, 0.1) is 0 Å². The molecule has 56 valence electrons. The van der Waals surface area contributed by atoms with Gasteiger partial charge in [-0.15, -0.1) is 0 Å². The van der Waals surface area contributed by atoms with Crippen molar-refractivity contribution in [2.24, 2.45) is 11.8 Å². The first-order valence-corrected chi connectivity index (χ1v) is 3.85. The maximum Gasteiger partial charge on any atom is 0.123 e. The van der Waals surface area contributed by atoms with Gasteiger partial charge >= 0.3 is 0 Å². The highest BCUT2D eigenvalue weighted by Gasteiger charge is 2.16. The molecule has 0 aromatic heterocycles. The number of hydrogen-bond donors (Lipinski definition) is 0. The van der Waals surface area contributed by atoms with Crippen molar-refractivity contribution in [3.63, 3.8) is 0 Å². The van der Waals surface area contributed by atoms with Crippen molar-refractivity contribution in [3.05, 3.63) is 11.6 Å². The summed E-state index contributed by atoms with van der Waals surface area (Å²) in [6.45, 7) is 4.27. The van der Waals surface area contributed by atoms with E-state index in [1.807, 2.05) is 0 Å². The van der Waals surface area contributed by atoms with Gasteiger partial charge in [0.1, 0.15) is 6.29 Å². The zero-order valence-corrected chi connectivity index (χ0v) is 6.63. The highest BCUT2D eigenvalue weighted by molar-refractivity contribution is 5.54. The summed E-state index contributed by atoms with van der Waals surface area (Å²) in [5, 5.41) is 0. The summed E-state index contributed by atoms with van der Waals surface area (Å²) in [7, 11) is 0. The monoisotopic (exact) mass is 138 g/mol. The molecular weight excluding hydrogens is 124 g/mol. The van der Waals surface area contributed by atoms with Gasteiger partial charge in [0.15, 0.2) is 0 Å². The van der Waals surface area contributed by atoms with Gasteiger partial charge in [-0.2, -0.15) is 0 Å². The normalized spacial score (nSPS) is 33.2. The van der Waals surface area contributed by atoms with Gasteiger partial charge in [0, 0.05) is 5.92 Å². The van der Waals surface area contributed by atoms with Crippen LogP contribution < -0.4 is 0 Å². The van der Waals surface area contributed by atoms with Gasteiger partial charge in [0.2, 0.25) is 0 Å². The van der Waals surface area contributed by atoms with Crippen molar-refractivity contribution >= 4 is 6.29 Å². The molecule has 10 heavy (non-hydrogen) atoms. The van der Waals surface area contributed by atoms with Gasteiger partial charge < -0.3 is 4.79 Å². The Balaban J connectivity index is 2.60. The van der Waals surface area contributed by atoms with E-state index in [0.717, 1.165) is 19.1 Å². The number of aldehydes is 1. The van der Waals surface area contributed by atoms with Crippen LogP contribution in [0.1, 0.15) is 26.7 Å². The van der Waals surface area contributed by atoms with E-state index in [2.05, 4.69) is 19.9 Å². The molecule has 0 aromatic rings. The highest BCUT2D eigenvalue weighted by atomic mass is 16.1. The molecule has 0 spiro atoms. The van der Waals surface area contributed by atoms with Crippen LogP contribution in [-0.2, 0) is 4.79 Å². The maximum absolute atomic E-state index is 10.4. The van der Waals surface area contributed by atoms with E-state index in [9.17, 15) is 4.79 Å². The summed E-state index contributed by atoms with van der Waals surface area (Å²) < 4.78 is 0. The Kier molecular flexibility index (Phi) is 2.25. The molecule has 0 saturated carbocycles. The van der Waals surface area contributed by atoms with Crippen molar-refractivity contribution < 1.29 is 4.79 Å². The molecule has 0 amide bonds. The molecule has 1 heteroatoms. The summed E-state index contributed by atoms with van der Waals surface area (Å²) in [5.41, 5.74) is 1.37. The predicted octanol–water partition coefficient (Wildman–Crippen LogP) is 2.18.